The maximum Gasteiger partial charge on any atom is 0.339 e. The number of aromatic carboxylic acids is 1. The lowest BCUT2D eigenvalue weighted by atomic mass is 10.0. The second-order valence-corrected chi connectivity index (χ2v) is 14.5. The Kier molecular flexibility index (Phi) is 18.2. The minimum atomic E-state index is -1.01. The van der Waals surface area contributed by atoms with Crippen LogP contribution in [0.2, 0.25) is 5.02 Å². The number of nitrogens with zero attached hydrogens (tertiary/aromatic N) is 1. The van der Waals surface area contributed by atoms with Crippen LogP contribution in [-0.2, 0) is 0 Å². The molecule has 0 saturated heterocycles. The van der Waals surface area contributed by atoms with Gasteiger partial charge in [-0.25, -0.2) is 9.78 Å². The molecule has 278 valence electrons. The van der Waals surface area contributed by atoms with Crippen molar-refractivity contribution in [2.24, 2.45) is 0 Å². The zero-order valence-electron chi connectivity index (χ0n) is 31.1. The lowest BCUT2D eigenvalue weighted by molar-refractivity contribution is 0.0695. The molecule has 4 aromatic carbocycles. The second kappa shape index (κ2) is 23.0. The molecule has 0 radical (unpaired) electrons. The minimum absolute atomic E-state index is 0.154. The number of carboxylic acids is 1. The summed E-state index contributed by atoms with van der Waals surface area (Å²) in [7, 11) is 0. The molecule has 0 amide bonds. The van der Waals surface area contributed by atoms with E-state index in [9.17, 15) is 9.90 Å². The van der Waals surface area contributed by atoms with Crippen molar-refractivity contribution >= 4 is 57.7 Å². The van der Waals surface area contributed by atoms with E-state index < -0.39 is 5.97 Å². The number of para-hydroxylation sites is 1. The van der Waals surface area contributed by atoms with Crippen LogP contribution in [0.25, 0.3) is 32.9 Å². The topological polar surface area (TPSA) is 71.5 Å². The zero-order chi connectivity index (χ0) is 37.0. The van der Waals surface area contributed by atoms with Gasteiger partial charge in [-0.1, -0.05) is 145 Å². The second-order valence-electron chi connectivity index (χ2n) is 13.6. The molecular weight excluding hydrogens is 684 g/mol. The van der Waals surface area contributed by atoms with E-state index in [1.165, 1.54) is 95.6 Å². The van der Waals surface area contributed by atoms with Gasteiger partial charge in [-0.15, -0.1) is 12.6 Å². The number of anilines is 1. The fourth-order valence-electron chi connectivity index (χ4n) is 6.40. The van der Waals surface area contributed by atoms with E-state index in [4.69, 9.17) is 16.3 Å². The van der Waals surface area contributed by atoms with E-state index in [-0.39, 0.29) is 5.56 Å². The molecule has 52 heavy (non-hydrogen) atoms. The predicted molar refractivity (Wildman–Crippen MR) is 225 cm³/mol. The number of rotatable bonds is 21. The van der Waals surface area contributed by atoms with Crippen molar-refractivity contribution in [3.05, 3.63) is 95.5 Å². The molecule has 0 aliphatic heterocycles. The Morgan fingerprint density at radius 1 is 0.731 bits per heavy atom. The zero-order valence-corrected chi connectivity index (χ0v) is 32.8. The fraction of sp³-hybridized carbons (Fsp3) is 0.422. The van der Waals surface area contributed by atoms with E-state index in [2.05, 4.69) is 61.0 Å². The number of nitrogens with one attached hydrogen (secondary N) is 1. The number of aromatic nitrogens is 1. The number of hydrogen-bond acceptors (Lipinski definition) is 5. The van der Waals surface area contributed by atoms with Gasteiger partial charge < -0.3 is 15.2 Å². The highest BCUT2D eigenvalue weighted by Crippen LogP contribution is 2.34. The summed E-state index contributed by atoms with van der Waals surface area (Å²) in [5, 5.41) is 15.4. The lowest BCUT2D eigenvalue weighted by Crippen LogP contribution is -2.01. The van der Waals surface area contributed by atoms with Crippen LogP contribution in [0, 0.1) is 0 Å². The largest absolute Gasteiger partial charge is 0.493 e. The van der Waals surface area contributed by atoms with Gasteiger partial charge in [0.25, 0.3) is 0 Å². The third-order valence-electron chi connectivity index (χ3n) is 9.38. The summed E-state index contributed by atoms with van der Waals surface area (Å²) in [6.45, 7) is 6.35. The molecular formula is C45H57ClN2O3S. The van der Waals surface area contributed by atoms with Crippen LogP contribution >= 0.6 is 24.2 Å². The first kappa shape index (κ1) is 41.0. The third kappa shape index (κ3) is 13.3. The van der Waals surface area contributed by atoms with Gasteiger partial charge in [-0.3, -0.25) is 0 Å². The molecule has 5 nitrogen and oxygen atoms in total. The summed E-state index contributed by atoms with van der Waals surface area (Å²) in [5.74, 6) is -0.0792. The maximum atomic E-state index is 11.3. The van der Waals surface area contributed by atoms with E-state index in [0.717, 1.165) is 57.8 Å². The van der Waals surface area contributed by atoms with Gasteiger partial charge in [0.1, 0.15) is 5.75 Å². The molecule has 5 aromatic rings. The number of carbonyl (C=O) groups is 1. The number of benzene rings is 4. The minimum Gasteiger partial charge on any atom is -0.493 e. The number of ether oxygens (including phenoxy) is 1. The van der Waals surface area contributed by atoms with E-state index >= 15 is 0 Å². The highest BCUT2D eigenvalue weighted by atomic mass is 35.5. The SMILES string of the molecule is CCCCCCCCCCOc1ccc(Cl)cc1-c1ccc(NCCCCCCCCC)cc1.O=C(O)c1c(S)ccc2cc3ccccc3nc12. The van der Waals surface area contributed by atoms with Crippen molar-refractivity contribution in [1.29, 1.82) is 0 Å². The van der Waals surface area contributed by atoms with Crippen LogP contribution in [0.5, 0.6) is 5.75 Å². The first-order valence-electron chi connectivity index (χ1n) is 19.4. The first-order chi connectivity index (χ1) is 25.4. The Labute approximate surface area is 322 Å². The Morgan fingerprint density at radius 2 is 1.37 bits per heavy atom. The molecule has 2 N–H and O–H groups in total. The number of fused-ring (bicyclic) bond motifs is 2. The highest BCUT2D eigenvalue weighted by molar-refractivity contribution is 7.80. The van der Waals surface area contributed by atoms with Crippen molar-refractivity contribution in [2.45, 2.75) is 115 Å². The summed E-state index contributed by atoms with van der Waals surface area (Å²) in [4.78, 5) is 16.1. The molecule has 7 heteroatoms. The Hall–Kier alpha value is -3.74. The van der Waals surface area contributed by atoms with Crippen molar-refractivity contribution in [2.75, 3.05) is 18.5 Å². The van der Waals surface area contributed by atoms with Gasteiger partial charge in [-0.2, -0.15) is 0 Å². The van der Waals surface area contributed by atoms with Crippen LogP contribution < -0.4 is 10.1 Å². The molecule has 0 spiro atoms. The molecule has 1 heterocycles. The van der Waals surface area contributed by atoms with Crippen LogP contribution in [0.1, 0.15) is 121 Å². The third-order valence-corrected chi connectivity index (χ3v) is 9.99. The maximum absolute atomic E-state index is 11.3. The molecule has 5 rings (SSSR count). The van der Waals surface area contributed by atoms with Crippen molar-refractivity contribution in [3.63, 3.8) is 0 Å². The summed E-state index contributed by atoms with van der Waals surface area (Å²) < 4.78 is 6.17. The Bertz CT molecular complexity index is 1810. The molecule has 0 aliphatic carbocycles. The summed E-state index contributed by atoms with van der Waals surface area (Å²) in [6, 6.07) is 27.7. The smallest absolute Gasteiger partial charge is 0.339 e. The van der Waals surface area contributed by atoms with Gasteiger partial charge in [0.15, 0.2) is 0 Å². The van der Waals surface area contributed by atoms with E-state index in [1.807, 2.05) is 54.6 Å². The average molecular weight is 741 g/mol. The van der Waals surface area contributed by atoms with Gasteiger partial charge >= 0.3 is 5.97 Å². The number of unbranched alkanes of at least 4 members (excludes halogenated alkanes) is 13. The van der Waals surface area contributed by atoms with Gasteiger partial charge in [0.2, 0.25) is 0 Å². The monoisotopic (exact) mass is 740 g/mol. The molecule has 0 fully saturated rings. The number of pyridine rings is 1. The Balaban J connectivity index is 0.000000279. The normalized spacial score (nSPS) is 11.0. The molecule has 0 atom stereocenters. The van der Waals surface area contributed by atoms with Crippen LogP contribution in [0.4, 0.5) is 5.69 Å². The quantitative estimate of drug-likeness (QED) is 0.0397. The molecule has 0 aliphatic rings. The predicted octanol–water partition coefficient (Wildman–Crippen LogP) is 14.1. The van der Waals surface area contributed by atoms with Crippen molar-refractivity contribution < 1.29 is 14.6 Å². The fourth-order valence-corrected chi connectivity index (χ4v) is 6.85. The molecule has 0 saturated carbocycles. The van der Waals surface area contributed by atoms with Crippen molar-refractivity contribution in [1.82, 2.24) is 4.98 Å². The van der Waals surface area contributed by atoms with Crippen LogP contribution in [0.3, 0.4) is 0 Å². The summed E-state index contributed by atoms with van der Waals surface area (Å²) >= 11 is 10.5. The molecule has 0 bridgehead atoms. The highest BCUT2D eigenvalue weighted by Gasteiger charge is 2.14. The first-order valence-corrected chi connectivity index (χ1v) is 20.2. The summed E-state index contributed by atoms with van der Waals surface area (Å²) in [6.07, 6.45) is 19.8. The molecule has 0 unspecified atom stereocenters. The van der Waals surface area contributed by atoms with Gasteiger partial charge in [0, 0.05) is 38.5 Å². The number of halogens is 1. The summed E-state index contributed by atoms with van der Waals surface area (Å²) in [5.41, 5.74) is 4.82. The number of thiol groups is 1. The van der Waals surface area contributed by atoms with Gasteiger partial charge in [-0.05, 0) is 66.9 Å². The van der Waals surface area contributed by atoms with E-state index in [1.54, 1.807) is 6.07 Å². The van der Waals surface area contributed by atoms with Crippen LogP contribution in [0.15, 0.2) is 89.8 Å². The molecule has 1 aromatic heterocycles. The number of hydrogen-bond donors (Lipinski definition) is 3. The number of carboxylic acid groups (broad SMARTS) is 1. The standard InChI is InChI=1S/C31H48ClNO.C14H9NO2S/c1-3-5-7-9-11-13-15-17-25-34-31-23-20-28(32)26-30(31)27-18-21-29(22-19-27)33-24-16-14-12-10-8-6-4-2;16-14(17)12-11(18)6-5-9-7-8-3-1-2-4-10(8)15-13(9)12/h18-23,26,33H,3-17,24-25H2,1-2H3;1-7,18H,(H,16,17). The van der Waals surface area contributed by atoms with Crippen molar-refractivity contribution in [3.8, 4) is 16.9 Å². The van der Waals surface area contributed by atoms with E-state index in [0.29, 0.717) is 10.4 Å². The van der Waals surface area contributed by atoms with Crippen LogP contribution in [-0.4, -0.2) is 29.2 Å². The Morgan fingerprint density at radius 3 is 2.04 bits per heavy atom. The average Bonchev–Trinajstić information content (AvgIpc) is 3.15. The van der Waals surface area contributed by atoms with Gasteiger partial charge in [0.05, 0.1) is 23.2 Å². The lowest BCUT2D eigenvalue weighted by Gasteiger charge is -2.13.